The third-order valence-corrected chi connectivity index (χ3v) is 4.22. The lowest BCUT2D eigenvalue weighted by atomic mass is 10.1. The van der Waals surface area contributed by atoms with Gasteiger partial charge in [-0.15, -0.1) is 0 Å². The number of carbonyl (C=O) groups is 1. The molecular weight excluding hydrogens is 417 g/mol. The Balaban J connectivity index is 1.92. The molecule has 0 radical (unpaired) electrons. The smallest absolute Gasteiger partial charge is 0.332 e. The van der Waals surface area contributed by atoms with Gasteiger partial charge in [-0.3, -0.25) is 0 Å². The van der Waals surface area contributed by atoms with Crippen LogP contribution < -0.4 is 5.32 Å². The zero-order valence-corrected chi connectivity index (χ0v) is 15.6. The summed E-state index contributed by atoms with van der Waals surface area (Å²) in [7, 11) is 0. The Morgan fingerprint density at radius 2 is 1.96 bits per heavy atom. The SMILES string of the molecule is CC(=CC(=O)OCc1ccccc1)Nc1ccc(CCO)cc1I. The van der Waals surface area contributed by atoms with Crippen LogP contribution in [0.25, 0.3) is 0 Å². The van der Waals surface area contributed by atoms with E-state index in [1.165, 1.54) is 6.08 Å². The molecule has 2 rings (SSSR count). The first-order valence-corrected chi connectivity index (χ1v) is 8.71. The number of aliphatic hydroxyl groups excluding tert-OH is 1. The molecule has 4 nitrogen and oxygen atoms in total. The van der Waals surface area contributed by atoms with Crippen molar-refractivity contribution in [3.05, 3.63) is 75.0 Å². The molecule has 24 heavy (non-hydrogen) atoms. The quantitative estimate of drug-likeness (QED) is 0.392. The van der Waals surface area contributed by atoms with Gasteiger partial charge in [0, 0.05) is 22.0 Å². The molecular formula is C19H20INO3. The Labute approximate surface area is 155 Å². The summed E-state index contributed by atoms with van der Waals surface area (Å²) in [6.45, 7) is 2.22. The number of rotatable bonds is 7. The van der Waals surface area contributed by atoms with E-state index >= 15 is 0 Å². The number of benzene rings is 2. The van der Waals surface area contributed by atoms with Crippen molar-refractivity contribution in [3.63, 3.8) is 0 Å². The van der Waals surface area contributed by atoms with Crippen molar-refractivity contribution in [3.8, 4) is 0 Å². The number of allylic oxidation sites excluding steroid dienone is 1. The number of carbonyl (C=O) groups excluding carboxylic acids is 1. The number of hydrogen-bond acceptors (Lipinski definition) is 4. The topological polar surface area (TPSA) is 58.6 Å². The van der Waals surface area contributed by atoms with Crippen LogP contribution in [0.3, 0.4) is 0 Å². The van der Waals surface area contributed by atoms with Crippen molar-refractivity contribution >= 4 is 34.2 Å². The molecule has 0 atom stereocenters. The molecule has 0 fully saturated rings. The highest BCUT2D eigenvalue weighted by molar-refractivity contribution is 14.1. The van der Waals surface area contributed by atoms with Crippen LogP contribution >= 0.6 is 22.6 Å². The summed E-state index contributed by atoms with van der Waals surface area (Å²) in [5.74, 6) is -0.379. The molecule has 0 unspecified atom stereocenters. The van der Waals surface area contributed by atoms with Gasteiger partial charge in [0.05, 0.1) is 5.69 Å². The number of esters is 1. The van der Waals surface area contributed by atoms with Gasteiger partial charge >= 0.3 is 5.97 Å². The normalized spacial score (nSPS) is 11.2. The number of ether oxygens (including phenoxy) is 1. The lowest BCUT2D eigenvalue weighted by molar-refractivity contribution is -0.139. The highest BCUT2D eigenvalue weighted by Gasteiger charge is 2.04. The van der Waals surface area contributed by atoms with E-state index in [4.69, 9.17) is 9.84 Å². The summed E-state index contributed by atoms with van der Waals surface area (Å²) in [6.07, 6.45) is 2.08. The molecule has 0 heterocycles. The number of halogens is 1. The molecule has 0 aliphatic carbocycles. The minimum atomic E-state index is -0.379. The largest absolute Gasteiger partial charge is 0.458 e. The Morgan fingerprint density at radius 3 is 2.62 bits per heavy atom. The minimum absolute atomic E-state index is 0.134. The predicted molar refractivity (Wildman–Crippen MR) is 104 cm³/mol. The van der Waals surface area contributed by atoms with E-state index in [0.29, 0.717) is 12.1 Å². The number of anilines is 1. The van der Waals surface area contributed by atoms with Crippen LogP contribution in [-0.4, -0.2) is 17.7 Å². The summed E-state index contributed by atoms with van der Waals surface area (Å²) < 4.78 is 6.26. The summed E-state index contributed by atoms with van der Waals surface area (Å²) in [6, 6.07) is 15.5. The first-order valence-electron chi connectivity index (χ1n) is 7.64. The Hall–Kier alpha value is -1.86. The average Bonchev–Trinajstić information content (AvgIpc) is 2.57. The standard InChI is InChI=1S/C19H20INO3/c1-14(11-19(23)24-13-16-5-3-2-4-6-16)21-18-8-7-15(9-10-22)12-17(18)20/h2-8,11-12,21-22H,9-10,13H2,1H3. The Morgan fingerprint density at radius 1 is 1.21 bits per heavy atom. The van der Waals surface area contributed by atoms with Gasteiger partial charge in [0.25, 0.3) is 0 Å². The molecule has 2 aromatic carbocycles. The summed E-state index contributed by atoms with van der Waals surface area (Å²) in [5.41, 5.74) is 3.66. The van der Waals surface area contributed by atoms with E-state index < -0.39 is 0 Å². The van der Waals surface area contributed by atoms with Crippen molar-refractivity contribution in [1.82, 2.24) is 0 Å². The summed E-state index contributed by atoms with van der Waals surface area (Å²) in [4.78, 5) is 11.9. The second-order valence-electron chi connectivity index (χ2n) is 5.33. The molecule has 0 aliphatic rings. The van der Waals surface area contributed by atoms with Crippen molar-refractivity contribution in [1.29, 1.82) is 0 Å². The number of aliphatic hydroxyl groups is 1. The zero-order chi connectivity index (χ0) is 17.4. The highest BCUT2D eigenvalue weighted by Crippen LogP contribution is 2.21. The van der Waals surface area contributed by atoms with Crippen molar-refractivity contribution in [2.75, 3.05) is 11.9 Å². The van der Waals surface area contributed by atoms with Crippen LogP contribution in [0.2, 0.25) is 0 Å². The Kier molecular flexibility index (Phi) is 7.27. The Bertz CT molecular complexity index is 714. The lowest BCUT2D eigenvalue weighted by Crippen LogP contribution is -2.05. The number of hydrogen-bond donors (Lipinski definition) is 2. The molecule has 0 aliphatic heterocycles. The molecule has 2 N–H and O–H groups in total. The lowest BCUT2D eigenvalue weighted by Gasteiger charge is -2.10. The second kappa shape index (κ2) is 9.44. The highest BCUT2D eigenvalue weighted by atomic mass is 127. The van der Waals surface area contributed by atoms with Crippen LogP contribution in [0.1, 0.15) is 18.1 Å². The maximum absolute atomic E-state index is 11.9. The second-order valence-corrected chi connectivity index (χ2v) is 6.50. The van der Waals surface area contributed by atoms with Gasteiger partial charge in [-0.25, -0.2) is 4.79 Å². The summed E-state index contributed by atoms with van der Waals surface area (Å²) >= 11 is 2.23. The van der Waals surface area contributed by atoms with Crippen molar-refractivity contribution in [2.24, 2.45) is 0 Å². The maximum atomic E-state index is 11.9. The van der Waals surface area contributed by atoms with E-state index in [9.17, 15) is 4.79 Å². The molecule has 5 heteroatoms. The van der Waals surface area contributed by atoms with Gasteiger partial charge in [0.1, 0.15) is 6.61 Å². The fourth-order valence-corrected chi connectivity index (χ4v) is 2.85. The predicted octanol–water partition coefficient (Wildman–Crippen LogP) is 3.89. The van der Waals surface area contributed by atoms with Gasteiger partial charge in [0.2, 0.25) is 0 Å². The zero-order valence-electron chi connectivity index (χ0n) is 13.5. The first-order chi connectivity index (χ1) is 11.6. The van der Waals surface area contributed by atoms with Crippen LogP contribution in [0.4, 0.5) is 5.69 Å². The van der Waals surface area contributed by atoms with Gasteiger partial charge in [-0.2, -0.15) is 0 Å². The summed E-state index contributed by atoms with van der Waals surface area (Å²) in [5, 5.41) is 12.2. The molecule has 0 bridgehead atoms. The minimum Gasteiger partial charge on any atom is -0.458 e. The third kappa shape index (κ3) is 5.98. The van der Waals surface area contributed by atoms with E-state index in [1.54, 1.807) is 0 Å². The van der Waals surface area contributed by atoms with Crippen molar-refractivity contribution in [2.45, 2.75) is 20.0 Å². The van der Waals surface area contributed by atoms with Gasteiger partial charge in [-0.1, -0.05) is 36.4 Å². The molecule has 0 spiro atoms. The van der Waals surface area contributed by atoms with Crippen LogP contribution in [0.15, 0.2) is 60.3 Å². The van der Waals surface area contributed by atoms with E-state index in [-0.39, 0.29) is 19.2 Å². The van der Waals surface area contributed by atoms with Crippen LogP contribution in [-0.2, 0) is 22.6 Å². The average molecular weight is 437 g/mol. The van der Waals surface area contributed by atoms with E-state index in [2.05, 4.69) is 27.9 Å². The van der Waals surface area contributed by atoms with E-state index in [1.807, 2.05) is 55.5 Å². The van der Waals surface area contributed by atoms with Gasteiger partial charge in [0.15, 0.2) is 0 Å². The van der Waals surface area contributed by atoms with Gasteiger partial charge in [-0.05, 0) is 59.2 Å². The van der Waals surface area contributed by atoms with Gasteiger partial charge < -0.3 is 15.2 Å². The molecule has 2 aromatic rings. The van der Waals surface area contributed by atoms with E-state index in [0.717, 1.165) is 20.4 Å². The fraction of sp³-hybridized carbons (Fsp3) is 0.211. The van der Waals surface area contributed by atoms with Crippen LogP contribution in [0.5, 0.6) is 0 Å². The molecule has 0 saturated heterocycles. The molecule has 0 aromatic heterocycles. The molecule has 0 amide bonds. The fourth-order valence-electron chi connectivity index (χ4n) is 2.14. The number of nitrogens with one attached hydrogen (secondary N) is 1. The first kappa shape index (κ1) is 18.5. The molecule has 126 valence electrons. The van der Waals surface area contributed by atoms with Crippen molar-refractivity contribution < 1.29 is 14.6 Å². The third-order valence-electron chi connectivity index (χ3n) is 3.32. The van der Waals surface area contributed by atoms with Crippen LogP contribution in [0, 0.1) is 3.57 Å². The monoisotopic (exact) mass is 437 g/mol. The maximum Gasteiger partial charge on any atom is 0.332 e. The molecule has 0 saturated carbocycles.